The minimum atomic E-state index is -0.239. The van der Waals surface area contributed by atoms with Crippen molar-refractivity contribution in [2.24, 2.45) is 0 Å². The first-order chi connectivity index (χ1) is 10.2. The first-order valence-electron chi connectivity index (χ1n) is 6.35. The topological polar surface area (TPSA) is 72.5 Å². The monoisotopic (exact) mass is 287 g/mol. The van der Waals surface area contributed by atoms with E-state index in [0.717, 1.165) is 0 Å². The fourth-order valence-corrected chi connectivity index (χ4v) is 1.79. The molecule has 1 amide bonds. The number of ether oxygens (including phenoxy) is 2. The molecule has 6 heteroatoms. The van der Waals surface area contributed by atoms with Crippen molar-refractivity contribution in [1.82, 2.24) is 4.98 Å². The zero-order chi connectivity index (χ0) is 15.2. The minimum Gasteiger partial charge on any atom is -0.493 e. The van der Waals surface area contributed by atoms with Crippen molar-refractivity contribution < 1.29 is 14.3 Å². The van der Waals surface area contributed by atoms with Crippen LogP contribution in [0.4, 0.5) is 11.5 Å². The summed E-state index contributed by atoms with van der Waals surface area (Å²) in [6.45, 7) is 0. The van der Waals surface area contributed by atoms with E-state index in [1.54, 1.807) is 51.6 Å². The lowest BCUT2D eigenvalue weighted by molar-refractivity contribution is 0.102. The van der Waals surface area contributed by atoms with Gasteiger partial charge in [-0.25, -0.2) is 4.98 Å². The van der Waals surface area contributed by atoms with Gasteiger partial charge in [-0.05, 0) is 24.3 Å². The van der Waals surface area contributed by atoms with Crippen molar-refractivity contribution in [1.29, 1.82) is 0 Å². The Morgan fingerprint density at radius 2 is 1.86 bits per heavy atom. The van der Waals surface area contributed by atoms with Crippen LogP contribution in [-0.2, 0) is 0 Å². The van der Waals surface area contributed by atoms with Gasteiger partial charge in [-0.3, -0.25) is 4.79 Å². The van der Waals surface area contributed by atoms with Crippen LogP contribution in [0, 0.1) is 0 Å². The Bertz CT molecular complexity index is 627. The Labute approximate surface area is 123 Å². The van der Waals surface area contributed by atoms with Crippen molar-refractivity contribution >= 4 is 17.4 Å². The van der Waals surface area contributed by atoms with Crippen molar-refractivity contribution in [2.75, 3.05) is 31.9 Å². The van der Waals surface area contributed by atoms with Gasteiger partial charge in [-0.1, -0.05) is 0 Å². The van der Waals surface area contributed by atoms with E-state index in [4.69, 9.17) is 9.47 Å². The quantitative estimate of drug-likeness (QED) is 0.883. The van der Waals surface area contributed by atoms with E-state index < -0.39 is 0 Å². The smallest absolute Gasteiger partial charge is 0.257 e. The zero-order valence-corrected chi connectivity index (χ0v) is 12.1. The van der Waals surface area contributed by atoms with Gasteiger partial charge in [0, 0.05) is 25.0 Å². The minimum absolute atomic E-state index is 0.239. The number of hydrogen-bond acceptors (Lipinski definition) is 5. The Kier molecular flexibility index (Phi) is 4.61. The van der Waals surface area contributed by atoms with E-state index in [1.165, 1.54) is 6.20 Å². The second-order valence-corrected chi connectivity index (χ2v) is 4.21. The Hall–Kier alpha value is -2.76. The first-order valence-corrected chi connectivity index (χ1v) is 6.35. The van der Waals surface area contributed by atoms with Crippen LogP contribution in [0.5, 0.6) is 11.5 Å². The summed E-state index contributed by atoms with van der Waals surface area (Å²) in [5, 5.41) is 5.68. The molecule has 2 N–H and O–H groups in total. The molecule has 0 aliphatic rings. The Morgan fingerprint density at radius 3 is 2.43 bits per heavy atom. The molecule has 0 aliphatic heterocycles. The zero-order valence-electron chi connectivity index (χ0n) is 12.1. The molecule has 0 spiro atoms. The number of benzene rings is 1. The summed E-state index contributed by atoms with van der Waals surface area (Å²) >= 11 is 0. The summed E-state index contributed by atoms with van der Waals surface area (Å²) in [6, 6.07) is 8.62. The molecule has 0 saturated heterocycles. The number of carbonyl (C=O) groups excluding carboxylic acids is 1. The lowest BCUT2D eigenvalue weighted by atomic mass is 10.2. The number of nitrogens with zero attached hydrogens (tertiary/aromatic N) is 1. The molecule has 1 aromatic heterocycles. The van der Waals surface area contributed by atoms with E-state index in [0.29, 0.717) is 28.6 Å². The molecule has 0 bridgehead atoms. The third-order valence-electron chi connectivity index (χ3n) is 2.92. The van der Waals surface area contributed by atoms with Gasteiger partial charge in [0.2, 0.25) is 0 Å². The predicted molar refractivity (Wildman–Crippen MR) is 81.3 cm³/mol. The number of nitrogens with one attached hydrogen (secondary N) is 2. The third-order valence-corrected chi connectivity index (χ3v) is 2.92. The van der Waals surface area contributed by atoms with Gasteiger partial charge in [0.25, 0.3) is 5.91 Å². The number of pyridine rings is 1. The van der Waals surface area contributed by atoms with Gasteiger partial charge in [0.15, 0.2) is 11.5 Å². The van der Waals surface area contributed by atoms with Gasteiger partial charge >= 0.3 is 0 Å². The number of anilines is 2. The summed E-state index contributed by atoms with van der Waals surface area (Å²) in [5.41, 5.74) is 1.10. The van der Waals surface area contributed by atoms with E-state index in [-0.39, 0.29) is 5.91 Å². The number of rotatable bonds is 5. The molecule has 0 fully saturated rings. The molecular formula is C15H17N3O3. The molecular weight excluding hydrogens is 270 g/mol. The summed E-state index contributed by atoms with van der Waals surface area (Å²) in [7, 11) is 4.88. The van der Waals surface area contributed by atoms with Crippen LogP contribution in [0.1, 0.15) is 10.4 Å². The van der Waals surface area contributed by atoms with Gasteiger partial charge in [0.1, 0.15) is 5.82 Å². The number of carbonyl (C=O) groups is 1. The highest BCUT2D eigenvalue weighted by molar-refractivity contribution is 6.04. The van der Waals surface area contributed by atoms with Crippen molar-refractivity contribution in [3.05, 3.63) is 42.1 Å². The molecule has 110 valence electrons. The highest BCUT2D eigenvalue weighted by Gasteiger charge is 2.09. The maximum absolute atomic E-state index is 12.1. The molecule has 0 unspecified atom stereocenters. The Balaban J connectivity index is 2.14. The lowest BCUT2D eigenvalue weighted by Gasteiger charge is -2.10. The number of aromatic nitrogens is 1. The van der Waals surface area contributed by atoms with Crippen molar-refractivity contribution in [2.45, 2.75) is 0 Å². The molecule has 1 aromatic carbocycles. The van der Waals surface area contributed by atoms with Gasteiger partial charge in [-0.15, -0.1) is 0 Å². The van der Waals surface area contributed by atoms with Gasteiger partial charge in [0.05, 0.1) is 19.8 Å². The highest BCUT2D eigenvalue weighted by Crippen LogP contribution is 2.29. The molecule has 1 heterocycles. The second kappa shape index (κ2) is 6.60. The molecule has 0 aliphatic carbocycles. The maximum atomic E-state index is 12.1. The van der Waals surface area contributed by atoms with Gasteiger partial charge in [-0.2, -0.15) is 0 Å². The maximum Gasteiger partial charge on any atom is 0.257 e. The highest BCUT2D eigenvalue weighted by atomic mass is 16.5. The van der Waals surface area contributed by atoms with Crippen LogP contribution in [0.25, 0.3) is 0 Å². The van der Waals surface area contributed by atoms with Crippen molar-refractivity contribution in [3.63, 3.8) is 0 Å². The normalized spacial score (nSPS) is 9.86. The average Bonchev–Trinajstić information content (AvgIpc) is 2.54. The fourth-order valence-electron chi connectivity index (χ4n) is 1.79. The molecule has 21 heavy (non-hydrogen) atoms. The molecule has 6 nitrogen and oxygen atoms in total. The Morgan fingerprint density at radius 1 is 1.10 bits per heavy atom. The van der Waals surface area contributed by atoms with Crippen LogP contribution in [0.2, 0.25) is 0 Å². The first kappa shape index (κ1) is 14.6. The van der Waals surface area contributed by atoms with Crippen LogP contribution in [0.3, 0.4) is 0 Å². The average molecular weight is 287 g/mol. The SMILES string of the molecule is CNc1ccc(C(=O)Nc2ccc(OC)c(OC)c2)cn1. The number of hydrogen-bond donors (Lipinski definition) is 2. The number of amides is 1. The van der Waals surface area contributed by atoms with Crippen molar-refractivity contribution in [3.8, 4) is 11.5 Å². The lowest BCUT2D eigenvalue weighted by Crippen LogP contribution is -2.12. The largest absolute Gasteiger partial charge is 0.493 e. The third kappa shape index (κ3) is 3.42. The molecule has 2 rings (SSSR count). The van der Waals surface area contributed by atoms with Crippen LogP contribution in [0.15, 0.2) is 36.5 Å². The van der Waals surface area contributed by atoms with E-state index >= 15 is 0 Å². The van der Waals surface area contributed by atoms with Crippen LogP contribution < -0.4 is 20.1 Å². The molecule has 0 radical (unpaired) electrons. The molecule has 0 atom stereocenters. The van der Waals surface area contributed by atoms with Crippen LogP contribution >= 0.6 is 0 Å². The molecule has 0 saturated carbocycles. The van der Waals surface area contributed by atoms with E-state index in [9.17, 15) is 4.79 Å². The van der Waals surface area contributed by atoms with E-state index in [2.05, 4.69) is 15.6 Å². The summed E-state index contributed by atoms with van der Waals surface area (Å²) < 4.78 is 10.3. The molecule has 2 aromatic rings. The second-order valence-electron chi connectivity index (χ2n) is 4.21. The summed E-state index contributed by atoms with van der Waals surface area (Å²) in [5.74, 6) is 1.63. The summed E-state index contributed by atoms with van der Waals surface area (Å²) in [4.78, 5) is 16.2. The van der Waals surface area contributed by atoms with Crippen LogP contribution in [-0.4, -0.2) is 32.2 Å². The number of methoxy groups -OCH3 is 2. The summed E-state index contributed by atoms with van der Waals surface area (Å²) in [6.07, 6.45) is 1.52. The fraction of sp³-hybridized carbons (Fsp3) is 0.200. The standard InChI is InChI=1S/C15H17N3O3/c1-16-14-7-4-10(9-17-14)15(19)18-11-5-6-12(20-2)13(8-11)21-3/h4-9H,1-3H3,(H,16,17)(H,18,19). The predicted octanol–water partition coefficient (Wildman–Crippen LogP) is 2.39. The van der Waals surface area contributed by atoms with Gasteiger partial charge < -0.3 is 20.1 Å². The van der Waals surface area contributed by atoms with E-state index in [1.807, 2.05) is 0 Å².